The first-order valence-electron chi connectivity index (χ1n) is 8.73. The normalized spacial score (nSPS) is 10.8. The maximum absolute atomic E-state index is 12.4. The molecule has 11 heteroatoms. The van der Waals surface area contributed by atoms with Gasteiger partial charge in [0.25, 0.3) is 5.56 Å². The van der Waals surface area contributed by atoms with Gasteiger partial charge in [0, 0.05) is 30.2 Å². The highest BCUT2D eigenvalue weighted by Gasteiger charge is 2.11. The molecule has 4 aromatic rings. The lowest BCUT2D eigenvalue weighted by Gasteiger charge is -2.09. The Kier molecular flexibility index (Phi) is 4.69. The van der Waals surface area contributed by atoms with Gasteiger partial charge in [-0.15, -0.1) is 5.10 Å². The van der Waals surface area contributed by atoms with E-state index in [9.17, 15) is 9.59 Å². The number of carbonyl (C=O) groups excluding carboxylic acids is 1. The van der Waals surface area contributed by atoms with Crippen molar-refractivity contribution in [3.8, 4) is 11.6 Å². The second kappa shape index (κ2) is 7.46. The summed E-state index contributed by atoms with van der Waals surface area (Å²) >= 11 is 0. The summed E-state index contributed by atoms with van der Waals surface area (Å²) in [6, 6.07) is 8.15. The molecule has 0 bridgehead atoms. The van der Waals surface area contributed by atoms with E-state index in [-0.39, 0.29) is 6.54 Å². The van der Waals surface area contributed by atoms with Gasteiger partial charge in [-0.25, -0.2) is 24.0 Å². The van der Waals surface area contributed by atoms with E-state index in [1.807, 2.05) is 19.9 Å². The first kappa shape index (κ1) is 18.2. The average molecular weight is 391 g/mol. The number of hydrogen-bond acceptors (Lipinski definition) is 7. The molecule has 29 heavy (non-hydrogen) atoms. The van der Waals surface area contributed by atoms with Crippen molar-refractivity contribution >= 4 is 11.7 Å². The van der Waals surface area contributed by atoms with Gasteiger partial charge in [0.1, 0.15) is 18.7 Å². The predicted octanol–water partition coefficient (Wildman–Crippen LogP) is 0.660. The summed E-state index contributed by atoms with van der Waals surface area (Å²) < 4.78 is 4.24. The zero-order valence-electron chi connectivity index (χ0n) is 15.7. The van der Waals surface area contributed by atoms with Crippen molar-refractivity contribution in [1.29, 1.82) is 0 Å². The van der Waals surface area contributed by atoms with Crippen LogP contribution in [0, 0.1) is 13.8 Å². The van der Waals surface area contributed by atoms with Crippen molar-refractivity contribution in [1.82, 2.24) is 39.3 Å². The molecule has 11 nitrogen and oxygen atoms in total. The number of nitrogens with one attached hydrogen (secondary N) is 1. The number of hydrogen-bond donors (Lipinski definition) is 1. The minimum absolute atomic E-state index is 0.271. The Morgan fingerprint density at radius 3 is 2.69 bits per heavy atom. The van der Waals surface area contributed by atoms with Crippen LogP contribution in [0.4, 0.5) is 5.82 Å². The summed E-state index contributed by atoms with van der Waals surface area (Å²) in [6.45, 7) is 3.48. The van der Waals surface area contributed by atoms with E-state index in [2.05, 4.69) is 30.6 Å². The number of anilines is 1. The van der Waals surface area contributed by atoms with E-state index in [0.717, 1.165) is 16.1 Å². The molecule has 0 fully saturated rings. The second-order valence-electron chi connectivity index (χ2n) is 6.29. The van der Waals surface area contributed by atoms with Gasteiger partial charge in [-0.05, 0) is 32.0 Å². The van der Waals surface area contributed by atoms with E-state index in [0.29, 0.717) is 17.5 Å². The van der Waals surface area contributed by atoms with Crippen LogP contribution < -0.4 is 10.9 Å². The third-order valence-electron chi connectivity index (χ3n) is 4.03. The lowest BCUT2D eigenvalue weighted by Crippen LogP contribution is -2.30. The molecular weight excluding hydrogens is 374 g/mol. The standard InChI is InChI=1S/C18H17N9O2/c1-12-8-13(2)27(23-12)15-4-5-18(29)26(24-15)10-17(28)22-14-9-16(20-11-19-14)25-7-3-6-21-25/h3-9,11H,10H2,1-2H3,(H,19,20,22,28). The van der Waals surface area contributed by atoms with Gasteiger partial charge in [0.05, 0.1) is 5.69 Å². The second-order valence-corrected chi connectivity index (χ2v) is 6.29. The van der Waals surface area contributed by atoms with Crippen LogP contribution in [0.25, 0.3) is 11.6 Å². The molecule has 0 atom stereocenters. The van der Waals surface area contributed by atoms with Crippen LogP contribution in [0.5, 0.6) is 0 Å². The fourth-order valence-electron chi connectivity index (χ4n) is 2.79. The molecule has 0 saturated carbocycles. The minimum Gasteiger partial charge on any atom is -0.309 e. The van der Waals surface area contributed by atoms with Crippen LogP contribution in [-0.2, 0) is 11.3 Å². The average Bonchev–Trinajstić information content (AvgIpc) is 3.33. The van der Waals surface area contributed by atoms with Crippen molar-refractivity contribution < 1.29 is 4.79 Å². The van der Waals surface area contributed by atoms with Crippen LogP contribution in [0.15, 0.2) is 53.8 Å². The van der Waals surface area contributed by atoms with Crippen LogP contribution in [-0.4, -0.2) is 45.2 Å². The van der Waals surface area contributed by atoms with Gasteiger partial charge in [-0.2, -0.15) is 10.2 Å². The summed E-state index contributed by atoms with van der Waals surface area (Å²) in [5.41, 5.74) is 1.30. The van der Waals surface area contributed by atoms with Crippen LogP contribution in [0.2, 0.25) is 0 Å². The first-order valence-corrected chi connectivity index (χ1v) is 8.73. The molecule has 0 radical (unpaired) electrons. The molecule has 146 valence electrons. The van der Waals surface area contributed by atoms with Gasteiger partial charge < -0.3 is 5.32 Å². The fourth-order valence-corrected chi connectivity index (χ4v) is 2.79. The number of aryl methyl sites for hydroxylation is 2. The van der Waals surface area contributed by atoms with Gasteiger partial charge in [0.15, 0.2) is 11.6 Å². The van der Waals surface area contributed by atoms with Gasteiger partial charge >= 0.3 is 0 Å². The third-order valence-corrected chi connectivity index (χ3v) is 4.03. The molecule has 1 N–H and O–H groups in total. The first-order chi connectivity index (χ1) is 14.0. The molecule has 0 spiro atoms. The number of amides is 1. The summed E-state index contributed by atoms with van der Waals surface area (Å²) in [4.78, 5) is 32.7. The number of nitrogens with zero attached hydrogens (tertiary/aromatic N) is 8. The molecule has 0 saturated heterocycles. The SMILES string of the molecule is Cc1cc(C)n(-c2ccc(=O)n(CC(=O)Nc3cc(-n4cccn4)ncn3)n2)n1. The maximum atomic E-state index is 12.4. The monoisotopic (exact) mass is 391 g/mol. The maximum Gasteiger partial charge on any atom is 0.267 e. The molecule has 1 amide bonds. The molecule has 4 rings (SSSR count). The minimum atomic E-state index is -0.449. The highest BCUT2D eigenvalue weighted by Crippen LogP contribution is 2.09. The molecular formula is C18H17N9O2. The Morgan fingerprint density at radius 2 is 1.97 bits per heavy atom. The van der Waals surface area contributed by atoms with Crippen molar-refractivity contribution in [3.63, 3.8) is 0 Å². The van der Waals surface area contributed by atoms with Crippen LogP contribution in [0.3, 0.4) is 0 Å². The molecule has 0 aromatic carbocycles. The summed E-state index contributed by atoms with van der Waals surface area (Å²) in [5.74, 6) is 0.793. The summed E-state index contributed by atoms with van der Waals surface area (Å²) in [7, 11) is 0. The van der Waals surface area contributed by atoms with Crippen molar-refractivity contribution in [3.05, 3.63) is 70.8 Å². The Hall–Kier alpha value is -4.15. The zero-order valence-corrected chi connectivity index (χ0v) is 15.7. The quantitative estimate of drug-likeness (QED) is 0.530. The molecule has 0 unspecified atom stereocenters. The van der Waals surface area contributed by atoms with Crippen molar-refractivity contribution in [2.75, 3.05) is 5.32 Å². The van der Waals surface area contributed by atoms with Gasteiger partial charge in [-0.3, -0.25) is 9.59 Å². The Bertz CT molecular complexity index is 1220. The van der Waals surface area contributed by atoms with Crippen LogP contribution >= 0.6 is 0 Å². The molecule has 4 aromatic heterocycles. The van der Waals surface area contributed by atoms with E-state index >= 15 is 0 Å². The molecule has 4 heterocycles. The lowest BCUT2D eigenvalue weighted by molar-refractivity contribution is -0.117. The van der Waals surface area contributed by atoms with E-state index in [4.69, 9.17) is 0 Å². The number of carbonyl (C=O) groups is 1. The topological polar surface area (TPSA) is 125 Å². The summed E-state index contributed by atoms with van der Waals surface area (Å²) in [5, 5.41) is 15.3. The number of aromatic nitrogens is 8. The van der Waals surface area contributed by atoms with E-state index < -0.39 is 11.5 Å². The van der Waals surface area contributed by atoms with E-state index in [1.165, 1.54) is 12.4 Å². The third kappa shape index (κ3) is 3.93. The van der Waals surface area contributed by atoms with E-state index in [1.54, 1.807) is 40.0 Å². The molecule has 0 aliphatic carbocycles. The Morgan fingerprint density at radius 1 is 1.10 bits per heavy atom. The molecule has 0 aliphatic rings. The highest BCUT2D eigenvalue weighted by atomic mass is 16.2. The largest absolute Gasteiger partial charge is 0.309 e. The van der Waals surface area contributed by atoms with Gasteiger partial charge in [0.2, 0.25) is 5.91 Å². The smallest absolute Gasteiger partial charge is 0.267 e. The fraction of sp³-hybridized carbons (Fsp3) is 0.167. The van der Waals surface area contributed by atoms with Gasteiger partial charge in [-0.1, -0.05) is 0 Å². The highest BCUT2D eigenvalue weighted by molar-refractivity contribution is 5.89. The lowest BCUT2D eigenvalue weighted by atomic mass is 10.4. The van der Waals surface area contributed by atoms with Crippen molar-refractivity contribution in [2.45, 2.75) is 20.4 Å². The number of rotatable bonds is 5. The Balaban J connectivity index is 1.53. The summed E-state index contributed by atoms with van der Waals surface area (Å²) in [6.07, 6.45) is 4.66. The Labute approximate surface area is 164 Å². The zero-order chi connectivity index (χ0) is 20.4. The van der Waals surface area contributed by atoms with Crippen molar-refractivity contribution in [2.24, 2.45) is 0 Å². The van der Waals surface area contributed by atoms with Crippen LogP contribution in [0.1, 0.15) is 11.4 Å². The molecule has 0 aliphatic heterocycles. The predicted molar refractivity (Wildman–Crippen MR) is 103 cm³/mol.